The average molecular weight is 280 g/mol. The summed E-state index contributed by atoms with van der Waals surface area (Å²) in [5.41, 5.74) is 1.29. The summed E-state index contributed by atoms with van der Waals surface area (Å²) in [5, 5.41) is 31.3. The normalized spacial score (nSPS) is 11.0. The van der Waals surface area contributed by atoms with Gasteiger partial charge in [0, 0.05) is 11.1 Å². The van der Waals surface area contributed by atoms with Crippen molar-refractivity contribution in [2.45, 2.75) is 0 Å². The predicted molar refractivity (Wildman–Crippen MR) is 78.2 cm³/mol. The van der Waals surface area contributed by atoms with Crippen molar-refractivity contribution in [1.29, 1.82) is 0 Å². The van der Waals surface area contributed by atoms with Crippen molar-refractivity contribution in [2.75, 3.05) is 0 Å². The van der Waals surface area contributed by atoms with Crippen molar-refractivity contribution in [1.82, 2.24) is 14.9 Å². The SMILES string of the molecule is Oc1cccc(/C=N/n2cnnc2-c2ccccc2)c1O. The van der Waals surface area contributed by atoms with Crippen LogP contribution in [0.15, 0.2) is 60.0 Å². The smallest absolute Gasteiger partial charge is 0.184 e. The highest BCUT2D eigenvalue weighted by molar-refractivity contribution is 5.84. The Balaban J connectivity index is 1.95. The monoisotopic (exact) mass is 280 g/mol. The maximum absolute atomic E-state index is 9.73. The number of benzene rings is 2. The van der Waals surface area contributed by atoms with Crippen LogP contribution in [0.1, 0.15) is 5.56 Å². The number of aromatic hydroxyl groups is 2. The molecule has 0 fully saturated rings. The van der Waals surface area contributed by atoms with E-state index in [2.05, 4.69) is 15.3 Å². The lowest BCUT2D eigenvalue weighted by atomic mass is 10.2. The molecule has 6 nitrogen and oxygen atoms in total. The first kappa shape index (κ1) is 12.9. The molecule has 0 spiro atoms. The maximum Gasteiger partial charge on any atom is 0.184 e. The number of hydrogen-bond donors (Lipinski definition) is 2. The van der Waals surface area contributed by atoms with Crippen LogP contribution >= 0.6 is 0 Å². The van der Waals surface area contributed by atoms with Crippen molar-refractivity contribution >= 4 is 6.21 Å². The second kappa shape index (κ2) is 5.46. The van der Waals surface area contributed by atoms with Crippen molar-refractivity contribution in [3.05, 3.63) is 60.4 Å². The summed E-state index contributed by atoms with van der Waals surface area (Å²) in [6, 6.07) is 14.2. The Morgan fingerprint density at radius 3 is 2.62 bits per heavy atom. The van der Waals surface area contributed by atoms with Crippen LogP contribution in [-0.4, -0.2) is 31.3 Å². The Hall–Kier alpha value is -3.15. The standard InChI is InChI=1S/C15H12N4O2/c20-13-8-4-7-12(14(13)21)9-17-19-10-16-18-15(19)11-5-2-1-3-6-11/h1-10,20-21H/b17-9+. The zero-order valence-corrected chi connectivity index (χ0v) is 11.0. The Labute approximate surface area is 120 Å². The summed E-state index contributed by atoms with van der Waals surface area (Å²) >= 11 is 0. The summed E-state index contributed by atoms with van der Waals surface area (Å²) in [5.74, 6) is 0.188. The van der Waals surface area contributed by atoms with Crippen LogP contribution in [0, 0.1) is 0 Å². The van der Waals surface area contributed by atoms with Crippen LogP contribution < -0.4 is 0 Å². The quantitative estimate of drug-likeness (QED) is 0.569. The van der Waals surface area contributed by atoms with Gasteiger partial charge in [0.2, 0.25) is 0 Å². The molecular formula is C15H12N4O2. The third-order valence-corrected chi connectivity index (χ3v) is 2.93. The van der Waals surface area contributed by atoms with Gasteiger partial charge < -0.3 is 10.2 Å². The van der Waals surface area contributed by atoms with Crippen LogP contribution in [0.4, 0.5) is 0 Å². The second-order valence-electron chi connectivity index (χ2n) is 4.32. The molecule has 0 aliphatic rings. The molecule has 0 saturated heterocycles. The summed E-state index contributed by atoms with van der Waals surface area (Å²) in [6.45, 7) is 0. The highest BCUT2D eigenvalue weighted by atomic mass is 16.3. The molecular weight excluding hydrogens is 268 g/mol. The fraction of sp³-hybridized carbons (Fsp3) is 0. The Kier molecular flexibility index (Phi) is 3.34. The van der Waals surface area contributed by atoms with Gasteiger partial charge >= 0.3 is 0 Å². The van der Waals surface area contributed by atoms with Crippen molar-refractivity contribution < 1.29 is 10.2 Å². The maximum atomic E-state index is 9.73. The summed E-state index contributed by atoms with van der Waals surface area (Å²) in [7, 11) is 0. The van der Waals surface area contributed by atoms with E-state index in [1.165, 1.54) is 23.3 Å². The molecule has 0 saturated carbocycles. The molecule has 1 aromatic heterocycles. The Bertz CT molecular complexity index is 781. The van der Waals surface area contributed by atoms with E-state index in [4.69, 9.17) is 0 Å². The van der Waals surface area contributed by atoms with Gasteiger partial charge in [0.1, 0.15) is 6.33 Å². The van der Waals surface area contributed by atoms with Crippen molar-refractivity contribution in [3.63, 3.8) is 0 Å². The van der Waals surface area contributed by atoms with Gasteiger partial charge in [-0.25, -0.2) is 0 Å². The van der Waals surface area contributed by atoms with Gasteiger partial charge in [-0.05, 0) is 12.1 Å². The highest BCUT2D eigenvalue weighted by Gasteiger charge is 2.06. The number of hydrogen-bond acceptors (Lipinski definition) is 5. The molecule has 0 aliphatic heterocycles. The number of rotatable bonds is 3. The van der Waals surface area contributed by atoms with Crippen LogP contribution in [-0.2, 0) is 0 Å². The molecule has 1 heterocycles. The van der Waals surface area contributed by atoms with E-state index in [1.807, 2.05) is 30.3 Å². The van der Waals surface area contributed by atoms with Crippen LogP contribution in [0.25, 0.3) is 11.4 Å². The van der Waals surface area contributed by atoms with E-state index in [0.717, 1.165) is 5.56 Å². The van der Waals surface area contributed by atoms with Gasteiger partial charge in [0.05, 0.1) is 6.21 Å². The molecule has 3 aromatic rings. The molecule has 6 heteroatoms. The van der Waals surface area contributed by atoms with Gasteiger partial charge in [-0.1, -0.05) is 36.4 Å². The van der Waals surface area contributed by atoms with Crippen molar-refractivity contribution in [3.8, 4) is 22.9 Å². The van der Waals surface area contributed by atoms with E-state index in [0.29, 0.717) is 11.4 Å². The van der Waals surface area contributed by atoms with Gasteiger partial charge in [0.15, 0.2) is 17.3 Å². The van der Waals surface area contributed by atoms with E-state index < -0.39 is 0 Å². The molecule has 2 N–H and O–H groups in total. The van der Waals surface area contributed by atoms with E-state index in [9.17, 15) is 10.2 Å². The fourth-order valence-corrected chi connectivity index (χ4v) is 1.87. The molecule has 21 heavy (non-hydrogen) atoms. The lowest BCUT2D eigenvalue weighted by molar-refractivity contribution is 0.403. The summed E-state index contributed by atoms with van der Waals surface area (Å²) < 4.78 is 1.50. The van der Waals surface area contributed by atoms with Crippen LogP contribution in [0.5, 0.6) is 11.5 Å². The van der Waals surface area contributed by atoms with E-state index in [-0.39, 0.29) is 11.5 Å². The molecule has 0 amide bonds. The van der Waals surface area contributed by atoms with Crippen LogP contribution in [0.2, 0.25) is 0 Å². The third-order valence-electron chi connectivity index (χ3n) is 2.93. The molecule has 0 aliphatic carbocycles. The van der Waals surface area contributed by atoms with Crippen LogP contribution in [0.3, 0.4) is 0 Å². The minimum Gasteiger partial charge on any atom is -0.504 e. The minimum atomic E-state index is -0.212. The molecule has 0 unspecified atom stereocenters. The van der Waals surface area contributed by atoms with Crippen molar-refractivity contribution in [2.24, 2.45) is 5.10 Å². The molecule has 2 aromatic carbocycles. The molecule has 0 radical (unpaired) electrons. The van der Waals surface area contributed by atoms with Gasteiger partial charge in [-0.15, -0.1) is 10.2 Å². The number of para-hydroxylation sites is 1. The fourth-order valence-electron chi connectivity index (χ4n) is 1.87. The Morgan fingerprint density at radius 2 is 1.81 bits per heavy atom. The molecule has 3 rings (SSSR count). The molecule has 0 bridgehead atoms. The minimum absolute atomic E-state index is 0.189. The first-order valence-corrected chi connectivity index (χ1v) is 6.26. The lowest BCUT2D eigenvalue weighted by Gasteiger charge is -2.02. The molecule has 0 atom stereocenters. The number of nitrogens with zero attached hydrogens (tertiary/aromatic N) is 4. The third kappa shape index (κ3) is 2.59. The van der Waals surface area contributed by atoms with E-state index >= 15 is 0 Å². The zero-order chi connectivity index (χ0) is 14.7. The highest BCUT2D eigenvalue weighted by Crippen LogP contribution is 2.26. The van der Waals surface area contributed by atoms with Gasteiger partial charge in [0.25, 0.3) is 0 Å². The average Bonchev–Trinajstić information content (AvgIpc) is 2.98. The number of aromatic nitrogens is 3. The predicted octanol–water partition coefficient (Wildman–Crippen LogP) is 2.24. The largest absolute Gasteiger partial charge is 0.504 e. The Morgan fingerprint density at radius 1 is 1.00 bits per heavy atom. The number of phenols is 2. The summed E-state index contributed by atoms with van der Waals surface area (Å²) in [6.07, 6.45) is 2.91. The van der Waals surface area contributed by atoms with E-state index in [1.54, 1.807) is 12.1 Å². The number of phenolic OH excluding ortho intramolecular Hbond substituents is 2. The summed E-state index contributed by atoms with van der Waals surface area (Å²) in [4.78, 5) is 0. The zero-order valence-electron chi connectivity index (χ0n) is 11.0. The van der Waals surface area contributed by atoms with Gasteiger partial charge in [-0.2, -0.15) is 9.78 Å². The first-order chi connectivity index (χ1) is 10.3. The second-order valence-corrected chi connectivity index (χ2v) is 4.32. The first-order valence-electron chi connectivity index (χ1n) is 6.26. The topological polar surface area (TPSA) is 83.5 Å². The molecule has 104 valence electrons. The van der Waals surface area contributed by atoms with Gasteiger partial charge in [-0.3, -0.25) is 0 Å². The lowest BCUT2D eigenvalue weighted by Crippen LogP contribution is -1.93.